The molecule has 1 heterocycles. The molecule has 2 heteroatoms. The first-order valence-corrected chi connectivity index (χ1v) is 5.92. The lowest BCUT2D eigenvalue weighted by Crippen LogP contribution is -2.30. The lowest BCUT2D eigenvalue weighted by atomic mass is 9.95. The zero-order chi connectivity index (χ0) is 11.5. The Kier molecular flexibility index (Phi) is 3.30. The van der Waals surface area contributed by atoms with Crippen molar-refractivity contribution in [3.8, 4) is 0 Å². The summed E-state index contributed by atoms with van der Waals surface area (Å²) in [6.07, 6.45) is 2.03. The number of hydrogen-bond donors (Lipinski definition) is 1. The van der Waals surface area contributed by atoms with E-state index in [0.717, 1.165) is 25.9 Å². The fraction of sp³-hybridized carbons (Fsp3) is 0.429. The van der Waals surface area contributed by atoms with Crippen molar-refractivity contribution >= 4 is 0 Å². The second kappa shape index (κ2) is 4.71. The largest absolute Gasteiger partial charge is 0.371 e. The summed E-state index contributed by atoms with van der Waals surface area (Å²) in [4.78, 5) is 2.36. The monoisotopic (exact) mass is 216 g/mol. The van der Waals surface area contributed by atoms with E-state index in [1.54, 1.807) is 0 Å². The van der Waals surface area contributed by atoms with Crippen molar-refractivity contribution < 1.29 is 0 Å². The Morgan fingerprint density at radius 2 is 2.31 bits per heavy atom. The summed E-state index contributed by atoms with van der Waals surface area (Å²) < 4.78 is 0. The number of aryl methyl sites for hydroxylation is 1. The summed E-state index contributed by atoms with van der Waals surface area (Å²) >= 11 is 0. The van der Waals surface area contributed by atoms with Crippen molar-refractivity contribution in [1.29, 1.82) is 0 Å². The van der Waals surface area contributed by atoms with E-state index in [-0.39, 0.29) is 0 Å². The third kappa shape index (κ3) is 2.12. The number of rotatable bonds is 3. The van der Waals surface area contributed by atoms with Crippen molar-refractivity contribution in [1.82, 2.24) is 4.90 Å². The zero-order valence-electron chi connectivity index (χ0n) is 10.00. The Labute approximate surface area is 97.8 Å². The Morgan fingerprint density at radius 1 is 1.50 bits per heavy atom. The standard InChI is InChI=1S/C14H20N2/c1-11-4-3-5-13-10-16(9-7-14(11)13)12(2)6-8-15/h3-5H,2,6-10,15H2,1H3. The molecule has 0 aromatic heterocycles. The van der Waals surface area contributed by atoms with Crippen LogP contribution in [0.15, 0.2) is 30.5 Å². The predicted octanol–water partition coefficient (Wildman–Crippen LogP) is 2.22. The number of nitrogens with two attached hydrogens (primary N) is 1. The summed E-state index contributed by atoms with van der Waals surface area (Å²) in [5.74, 6) is 0. The summed E-state index contributed by atoms with van der Waals surface area (Å²) in [6, 6.07) is 6.57. The number of nitrogens with zero attached hydrogens (tertiary/aromatic N) is 1. The van der Waals surface area contributed by atoms with E-state index in [0.29, 0.717) is 6.54 Å². The topological polar surface area (TPSA) is 29.3 Å². The molecular formula is C14H20N2. The van der Waals surface area contributed by atoms with Crippen molar-refractivity contribution in [2.24, 2.45) is 5.73 Å². The molecule has 0 aliphatic carbocycles. The molecular weight excluding hydrogens is 196 g/mol. The van der Waals surface area contributed by atoms with Crippen LogP contribution < -0.4 is 5.73 Å². The van der Waals surface area contributed by atoms with Gasteiger partial charge in [0.05, 0.1) is 0 Å². The van der Waals surface area contributed by atoms with Crippen LogP contribution in [0.5, 0.6) is 0 Å². The van der Waals surface area contributed by atoms with Crippen LogP contribution >= 0.6 is 0 Å². The van der Waals surface area contributed by atoms with E-state index >= 15 is 0 Å². The number of hydrogen-bond acceptors (Lipinski definition) is 2. The van der Waals surface area contributed by atoms with Gasteiger partial charge in [-0.2, -0.15) is 0 Å². The van der Waals surface area contributed by atoms with Crippen LogP contribution in [-0.2, 0) is 13.0 Å². The van der Waals surface area contributed by atoms with Crippen LogP contribution in [0.1, 0.15) is 23.1 Å². The highest BCUT2D eigenvalue weighted by atomic mass is 15.1. The highest BCUT2D eigenvalue weighted by Gasteiger charge is 2.17. The molecule has 2 nitrogen and oxygen atoms in total. The van der Waals surface area contributed by atoms with Gasteiger partial charge in [-0.25, -0.2) is 0 Å². The first kappa shape index (κ1) is 11.2. The summed E-state index contributed by atoms with van der Waals surface area (Å²) in [5, 5.41) is 0. The number of fused-ring (bicyclic) bond motifs is 1. The Balaban J connectivity index is 2.15. The molecule has 0 unspecified atom stereocenters. The normalized spacial score (nSPS) is 14.8. The number of benzene rings is 1. The van der Waals surface area contributed by atoms with E-state index in [2.05, 4.69) is 36.6 Å². The maximum Gasteiger partial charge on any atom is 0.0429 e. The second-order valence-electron chi connectivity index (χ2n) is 4.49. The highest BCUT2D eigenvalue weighted by Crippen LogP contribution is 2.24. The first-order chi connectivity index (χ1) is 7.72. The quantitative estimate of drug-likeness (QED) is 0.839. The van der Waals surface area contributed by atoms with Gasteiger partial charge in [0.15, 0.2) is 0 Å². The maximum absolute atomic E-state index is 5.57. The minimum atomic E-state index is 0.690. The summed E-state index contributed by atoms with van der Waals surface area (Å²) in [7, 11) is 0. The van der Waals surface area contributed by atoms with Gasteiger partial charge in [0.1, 0.15) is 0 Å². The third-order valence-corrected chi connectivity index (χ3v) is 3.38. The molecule has 0 bridgehead atoms. The summed E-state index contributed by atoms with van der Waals surface area (Å²) in [5.41, 5.74) is 11.1. The van der Waals surface area contributed by atoms with Crippen LogP contribution in [0.4, 0.5) is 0 Å². The molecule has 2 rings (SSSR count). The summed E-state index contributed by atoms with van der Waals surface area (Å²) in [6.45, 7) is 9.07. The molecule has 0 fully saturated rings. The van der Waals surface area contributed by atoms with Crippen molar-refractivity contribution in [3.63, 3.8) is 0 Å². The smallest absolute Gasteiger partial charge is 0.0429 e. The van der Waals surface area contributed by atoms with Crippen LogP contribution in [0.3, 0.4) is 0 Å². The van der Waals surface area contributed by atoms with Gasteiger partial charge in [0.2, 0.25) is 0 Å². The average Bonchev–Trinajstić information content (AvgIpc) is 2.29. The van der Waals surface area contributed by atoms with Crippen molar-refractivity contribution in [2.45, 2.75) is 26.3 Å². The Bertz CT molecular complexity index is 396. The lowest BCUT2D eigenvalue weighted by Gasteiger charge is -2.32. The highest BCUT2D eigenvalue weighted by molar-refractivity contribution is 5.36. The fourth-order valence-electron chi connectivity index (χ4n) is 2.39. The van der Waals surface area contributed by atoms with Crippen LogP contribution in [0.25, 0.3) is 0 Å². The minimum absolute atomic E-state index is 0.690. The van der Waals surface area contributed by atoms with Gasteiger partial charge in [-0.05, 0) is 43.0 Å². The molecule has 0 saturated heterocycles. The van der Waals surface area contributed by atoms with Gasteiger partial charge in [-0.3, -0.25) is 0 Å². The molecule has 0 amide bonds. The molecule has 0 spiro atoms. The van der Waals surface area contributed by atoms with Gasteiger partial charge in [0, 0.05) is 18.8 Å². The van der Waals surface area contributed by atoms with Crippen molar-refractivity contribution in [2.75, 3.05) is 13.1 Å². The minimum Gasteiger partial charge on any atom is -0.371 e. The zero-order valence-corrected chi connectivity index (χ0v) is 10.00. The molecule has 0 radical (unpaired) electrons. The van der Waals surface area contributed by atoms with Crippen LogP contribution in [0, 0.1) is 6.92 Å². The maximum atomic E-state index is 5.57. The van der Waals surface area contributed by atoms with E-state index in [4.69, 9.17) is 5.73 Å². The first-order valence-electron chi connectivity index (χ1n) is 5.92. The third-order valence-electron chi connectivity index (χ3n) is 3.38. The second-order valence-corrected chi connectivity index (χ2v) is 4.49. The molecule has 0 saturated carbocycles. The van der Waals surface area contributed by atoms with Crippen LogP contribution in [0.2, 0.25) is 0 Å². The molecule has 0 atom stereocenters. The molecule has 1 aromatic rings. The van der Waals surface area contributed by atoms with Gasteiger partial charge in [-0.1, -0.05) is 24.8 Å². The average molecular weight is 216 g/mol. The van der Waals surface area contributed by atoms with E-state index in [1.165, 1.54) is 22.4 Å². The molecule has 1 aliphatic rings. The van der Waals surface area contributed by atoms with Gasteiger partial charge >= 0.3 is 0 Å². The van der Waals surface area contributed by atoms with Gasteiger partial charge in [0.25, 0.3) is 0 Å². The molecule has 2 N–H and O–H groups in total. The van der Waals surface area contributed by atoms with E-state index in [1.807, 2.05) is 0 Å². The van der Waals surface area contributed by atoms with E-state index < -0.39 is 0 Å². The molecule has 86 valence electrons. The molecule has 1 aliphatic heterocycles. The molecule has 1 aromatic carbocycles. The molecule has 16 heavy (non-hydrogen) atoms. The fourth-order valence-corrected chi connectivity index (χ4v) is 2.39. The van der Waals surface area contributed by atoms with Gasteiger partial charge < -0.3 is 10.6 Å². The van der Waals surface area contributed by atoms with Crippen molar-refractivity contribution in [3.05, 3.63) is 47.2 Å². The Morgan fingerprint density at radius 3 is 3.06 bits per heavy atom. The lowest BCUT2D eigenvalue weighted by molar-refractivity contribution is 0.313. The Hall–Kier alpha value is -1.28. The SMILES string of the molecule is C=C(CCN)N1CCc2c(C)cccc2C1. The van der Waals surface area contributed by atoms with Crippen LogP contribution in [-0.4, -0.2) is 18.0 Å². The van der Waals surface area contributed by atoms with Gasteiger partial charge in [-0.15, -0.1) is 0 Å². The van der Waals surface area contributed by atoms with E-state index in [9.17, 15) is 0 Å². The predicted molar refractivity (Wildman–Crippen MR) is 68.1 cm³/mol.